The Balaban J connectivity index is 1.44. The number of halogens is 1. The van der Waals surface area contributed by atoms with Gasteiger partial charge in [0.25, 0.3) is 11.8 Å². The maximum atomic E-state index is 13.2. The summed E-state index contributed by atoms with van der Waals surface area (Å²) in [4.78, 5) is 44.2. The number of benzene rings is 2. The van der Waals surface area contributed by atoms with E-state index in [4.69, 9.17) is 17.3 Å². The highest BCUT2D eigenvalue weighted by Gasteiger charge is 2.31. The van der Waals surface area contributed by atoms with Gasteiger partial charge in [0.1, 0.15) is 0 Å². The lowest BCUT2D eigenvalue weighted by Gasteiger charge is -2.30. The first kappa shape index (κ1) is 29.2. The Kier molecular flexibility index (Phi) is 9.50. The zero-order chi connectivity index (χ0) is 28.8. The lowest BCUT2D eigenvalue weighted by molar-refractivity contribution is 0.0750. The van der Waals surface area contributed by atoms with Crippen molar-refractivity contribution in [1.29, 1.82) is 0 Å². The summed E-state index contributed by atoms with van der Waals surface area (Å²) < 4.78 is 1.97. The first-order chi connectivity index (χ1) is 19.2. The van der Waals surface area contributed by atoms with E-state index >= 15 is 0 Å². The normalized spacial score (nSPS) is 12.8. The molecular weight excluding hydrogens is 528 g/mol. The van der Waals surface area contributed by atoms with Gasteiger partial charge >= 0.3 is 6.03 Å². The van der Waals surface area contributed by atoms with E-state index in [2.05, 4.69) is 24.2 Å². The van der Waals surface area contributed by atoms with E-state index in [9.17, 15) is 14.4 Å². The summed E-state index contributed by atoms with van der Waals surface area (Å²) in [7, 11) is 2.06. The van der Waals surface area contributed by atoms with Crippen molar-refractivity contribution in [1.82, 2.24) is 19.3 Å². The number of nitrogens with one attached hydrogen (secondary N) is 1. The number of anilines is 1. The number of hydrogen-bond donors (Lipinski definition) is 2. The van der Waals surface area contributed by atoms with Crippen LogP contribution >= 0.6 is 11.6 Å². The van der Waals surface area contributed by atoms with Crippen molar-refractivity contribution in [2.75, 3.05) is 45.1 Å². The number of amides is 4. The molecule has 9 nitrogen and oxygen atoms in total. The fraction of sp³-hybridized carbons (Fsp3) is 0.367. The molecule has 0 aliphatic carbocycles. The van der Waals surface area contributed by atoms with E-state index in [0.29, 0.717) is 48.1 Å². The average molecular weight is 565 g/mol. The van der Waals surface area contributed by atoms with Crippen molar-refractivity contribution in [3.8, 4) is 11.3 Å². The molecule has 3 aromatic rings. The van der Waals surface area contributed by atoms with Crippen molar-refractivity contribution in [2.45, 2.75) is 33.4 Å². The van der Waals surface area contributed by atoms with Gasteiger partial charge in [-0.15, -0.1) is 0 Å². The Morgan fingerprint density at radius 2 is 1.68 bits per heavy atom. The van der Waals surface area contributed by atoms with Gasteiger partial charge in [-0.3, -0.25) is 9.59 Å². The van der Waals surface area contributed by atoms with Gasteiger partial charge in [0.05, 0.1) is 28.5 Å². The molecule has 3 N–H and O–H groups in total. The Bertz CT molecular complexity index is 1360. The molecule has 0 unspecified atom stereocenters. The average Bonchev–Trinajstić information content (AvgIpc) is 3.25. The van der Waals surface area contributed by atoms with Gasteiger partial charge in [0.15, 0.2) is 0 Å². The molecular formula is C30H37ClN6O3. The molecule has 0 radical (unpaired) electrons. The topological polar surface area (TPSA) is 104 Å². The standard InChI is InChI=1S/C30H37ClN6O3/c1-4-15-34(3)16-17-35(5-2)29(39)22-11-13-23(14-12-22)33-30(40)36-18-19-37-24(20-36)25(28(32)38)26(31)27(37)21-9-7-6-8-10-21/h6-14H,4-5,15-20H2,1-3H3,(H2,32,38)(H,33,40). The summed E-state index contributed by atoms with van der Waals surface area (Å²) in [6.07, 6.45) is 1.07. The molecule has 1 aliphatic rings. The molecule has 0 saturated heterocycles. The van der Waals surface area contributed by atoms with E-state index in [0.717, 1.165) is 30.8 Å². The first-order valence-corrected chi connectivity index (χ1v) is 14.0. The number of hydrogen-bond acceptors (Lipinski definition) is 4. The second kappa shape index (κ2) is 13.0. The van der Waals surface area contributed by atoms with Crippen LogP contribution in [0.1, 0.15) is 46.7 Å². The molecule has 2 aromatic carbocycles. The number of aromatic nitrogens is 1. The molecule has 40 heavy (non-hydrogen) atoms. The van der Waals surface area contributed by atoms with Crippen molar-refractivity contribution in [2.24, 2.45) is 5.73 Å². The summed E-state index contributed by atoms with van der Waals surface area (Å²) >= 11 is 6.65. The molecule has 4 amide bonds. The van der Waals surface area contributed by atoms with E-state index in [1.165, 1.54) is 0 Å². The molecule has 0 saturated carbocycles. The van der Waals surface area contributed by atoms with E-state index < -0.39 is 5.91 Å². The summed E-state index contributed by atoms with van der Waals surface area (Å²) in [5.74, 6) is -0.663. The molecule has 1 aromatic heterocycles. The summed E-state index contributed by atoms with van der Waals surface area (Å²) in [5.41, 5.74) is 9.31. The number of nitrogens with zero attached hydrogens (tertiary/aromatic N) is 4. The van der Waals surface area contributed by atoms with Gasteiger partial charge < -0.3 is 30.3 Å². The molecule has 10 heteroatoms. The van der Waals surface area contributed by atoms with Gasteiger partial charge in [0.2, 0.25) is 0 Å². The maximum absolute atomic E-state index is 13.2. The Labute approximate surface area is 240 Å². The summed E-state index contributed by atoms with van der Waals surface area (Å²) in [5, 5.41) is 3.21. The first-order valence-electron chi connectivity index (χ1n) is 13.6. The molecule has 0 bridgehead atoms. The van der Waals surface area contributed by atoms with Crippen molar-refractivity contribution in [3.63, 3.8) is 0 Å². The second-order valence-corrected chi connectivity index (χ2v) is 10.4. The third-order valence-corrected chi connectivity index (χ3v) is 7.60. The number of nitrogens with two attached hydrogens (primary N) is 1. The molecule has 0 atom stereocenters. The third-order valence-electron chi connectivity index (χ3n) is 7.24. The van der Waals surface area contributed by atoms with Crippen LogP contribution in [0.4, 0.5) is 10.5 Å². The smallest absolute Gasteiger partial charge is 0.322 e. The number of primary amides is 1. The molecule has 1 aliphatic heterocycles. The van der Waals surface area contributed by atoms with Crippen LogP contribution in [0.15, 0.2) is 54.6 Å². The molecule has 0 fully saturated rings. The Morgan fingerprint density at radius 3 is 2.30 bits per heavy atom. The fourth-order valence-corrected chi connectivity index (χ4v) is 5.51. The van der Waals surface area contributed by atoms with Crippen LogP contribution in [-0.4, -0.2) is 76.9 Å². The van der Waals surface area contributed by atoms with Crippen LogP contribution in [0, 0.1) is 0 Å². The van der Waals surface area contributed by atoms with Gasteiger partial charge in [-0.1, -0.05) is 48.9 Å². The van der Waals surface area contributed by atoms with Gasteiger partial charge in [-0.05, 0) is 56.8 Å². The number of carbonyl (C=O) groups excluding carboxylic acids is 3. The lowest BCUT2D eigenvalue weighted by Crippen LogP contribution is -2.41. The minimum Gasteiger partial charge on any atom is -0.365 e. The number of fused-ring (bicyclic) bond motifs is 1. The number of carbonyl (C=O) groups is 3. The third kappa shape index (κ3) is 6.32. The maximum Gasteiger partial charge on any atom is 0.322 e. The van der Waals surface area contributed by atoms with Crippen LogP contribution in [-0.2, 0) is 13.1 Å². The predicted molar refractivity (Wildman–Crippen MR) is 159 cm³/mol. The van der Waals surface area contributed by atoms with E-state index in [-0.39, 0.29) is 24.0 Å². The molecule has 4 rings (SSSR count). The Morgan fingerprint density at radius 1 is 0.975 bits per heavy atom. The largest absolute Gasteiger partial charge is 0.365 e. The minimum absolute atomic E-state index is 0.0350. The van der Waals surface area contributed by atoms with Crippen LogP contribution in [0.2, 0.25) is 5.02 Å². The van der Waals surface area contributed by atoms with Crippen LogP contribution in [0.25, 0.3) is 11.3 Å². The van der Waals surface area contributed by atoms with Crippen LogP contribution in [0.5, 0.6) is 0 Å². The van der Waals surface area contributed by atoms with Crippen molar-refractivity contribution in [3.05, 3.63) is 76.4 Å². The van der Waals surface area contributed by atoms with Gasteiger partial charge in [0, 0.05) is 44.0 Å². The SMILES string of the molecule is CCCN(C)CCN(CC)C(=O)c1ccc(NC(=O)N2CCn3c(c(C(N)=O)c(Cl)c3-c3ccccc3)C2)cc1. The predicted octanol–water partition coefficient (Wildman–Crippen LogP) is 4.76. The second-order valence-electron chi connectivity index (χ2n) is 9.98. The Hall–Kier alpha value is -3.82. The number of likely N-dealkylation sites (N-methyl/N-ethyl adjacent to an activating group) is 2. The number of rotatable bonds is 10. The van der Waals surface area contributed by atoms with Gasteiger partial charge in [-0.2, -0.15) is 0 Å². The molecule has 2 heterocycles. The monoisotopic (exact) mass is 564 g/mol. The number of urea groups is 1. The zero-order valence-corrected chi connectivity index (χ0v) is 24.1. The highest BCUT2D eigenvalue weighted by molar-refractivity contribution is 6.36. The minimum atomic E-state index is -0.628. The fourth-order valence-electron chi connectivity index (χ4n) is 5.10. The summed E-state index contributed by atoms with van der Waals surface area (Å²) in [6.45, 7) is 8.28. The van der Waals surface area contributed by atoms with Crippen LogP contribution < -0.4 is 11.1 Å². The highest BCUT2D eigenvalue weighted by atomic mass is 35.5. The zero-order valence-electron chi connectivity index (χ0n) is 23.3. The molecule has 0 spiro atoms. The van der Waals surface area contributed by atoms with E-state index in [1.54, 1.807) is 29.2 Å². The van der Waals surface area contributed by atoms with Crippen molar-refractivity contribution < 1.29 is 14.4 Å². The summed E-state index contributed by atoms with van der Waals surface area (Å²) in [6, 6.07) is 16.2. The van der Waals surface area contributed by atoms with Gasteiger partial charge in [-0.25, -0.2) is 4.79 Å². The van der Waals surface area contributed by atoms with E-state index in [1.807, 2.05) is 46.7 Å². The van der Waals surface area contributed by atoms with Crippen LogP contribution in [0.3, 0.4) is 0 Å². The lowest BCUT2D eigenvalue weighted by atomic mass is 10.1. The van der Waals surface area contributed by atoms with Crippen molar-refractivity contribution >= 4 is 35.1 Å². The highest BCUT2D eigenvalue weighted by Crippen LogP contribution is 2.37. The quantitative estimate of drug-likeness (QED) is 0.370. The molecule has 212 valence electrons.